The number of ketones is 1. The Morgan fingerprint density at radius 1 is 0.919 bits per heavy atom. The molecule has 7 heteroatoms. The molecule has 192 valence electrons. The molecule has 1 unspecified atom stereocenters. The maximum absolute atomic E-state index is 13.3. The van der Waals surface area contributed by atoms with Crippen LogP contribution in [0.3, 0.4) is 0 Å². The van der Waals surface area contributed by atoms with Crippen molar-refractivity contribution in [2.75, 3.05) is 33.8 Å². The highest BCUT2D eigenvalue weighted by Crippen LogP contribution is 2.41. The van der Waals surface area contributed by atoms with Gasteiger partial charge in [0, 0.05) is 12.1 Å². The van der Waals surface area contributed by atoms with Crippen LogP contribution in [0.15, 0.2) is 84.4 Å². The average molecular weight is 501 g/mol. The molecule has 1 amide bonds. The second kappa shape index (κ2) is 11.8. The molecule has 0 saturated carbocycles. The number of carbonyl (C=O) groups excluding carboxylic acids is 2. The minimum atomic E-state index is -0.753. The summed E-state index contributed by atoms with van der Waals surface area (Å²) in [5.74, 6) is 0.258. The summed E-state index contributed by atoms with van der Waals surface area (Å²) in [6.07, 6.45) is 0.677. The Kier molecular flexibility index (Phi) is 8.25. The lowest BCUT2D eigenvalue weighted by Crippen LogP contribution is -2.32. The smallest absolute Gasteiger partial charge is 0.295 e. The molecule has 1 N–H and O–H groups in total. The average Bonchev–Trinajstić information content (AvgIpc) is 3.14. The van der Waals surface area contributed by atoms with Gasteiger partial charge in [0.25, 0.3) is 11.7 Å². The van der Waals surface area contributed by atoms with E-state index in [2.05, 4.69) is 0 Å². The third-order valence-corrected chi connectivity index (χ3v) is 6.12. The Balaban J connectivity index is 1.77. The van der Waals surface area contributed by atoms with Crippen molar-refractivity contribution in [3.05, 3.63) is 95.6 Å². The number of aliphatic hydroxyl groups excluding tert-OH is 1. The minimum Gasteiger partial charge on any atom is -0.507 e. The van der Waals surface area contributed by atoms with E-state index in [0.717, 1.165) is 6.54 Å². The van der Waals surface area contributed by atoms with Gasteiger partial charge in [-0.05, 0) is 75.9 Å². The summed E-state index contributed by atoms with van der Waals surface area (Å²) in [6.45, 7) is 3.46. The minimum absolute atomic E-state index is 0.0559. The first-order valence-corrected chi connectivity index (χ1v) is 12.4. The maximum atomic E-state index is 13.3. The van der Waals surface area contributed by atoms with Crippen molar-refractivity contribution in [3.63, 3.8) is 0 Å². The van der Waals surface area contributed by atoms with Crippen LogP contribution >= 0.6 is 0 Å². The van der Waals surface area contributed by atoms with Gasteiger partial charge in [-0.15, -0.1) is 0 Å². The molecule has 0 aromatic heterocycles. The van der Waals surface area contributed by atoms with Crippen molar-refractivity contribution in [2.45, 2.75) is 19.4 Å². The van der Waals surface area contributed by atoms with Gasteiger partial charge in [-0.25, -0.2) is 0 Å². The monoisotopic (exact) mass is 500 g/mol. The van der Waals surface area contributed by atoms with Gasteiger partial charge < -0.3 is 24.4 Å². The lowest BCUT2D eigenvalue weighted by atomic mass is 9.95. The highest BCUT2D eigenvalue weighted by molar-refractivity contribution is 6.46. The highest BCUT2D eigenvalue weighted by Gasteiger charge is 2.46. The number of nitrogens with zero attached hydrogens (tertiary/aromatic N) is 2. The van der Waals surface area contributed by atoms with Crippen LogP contribution in [0.25, 0.3) is 5.76 Å². The third kappa shape index (κ3) is 6.01. The molecule has 1 aliphatic rings. The number of carbonyl (C=O) groups is 2. The Bertz CT molecular complexity index is 1290. The molecular formula is C30H32N2O5. The van der Waals surface area contributed by atoms with Gasteiger partial charge >= 0.3 is 0 Å². The SMILES string of the molecule is CCOc1cccc(/C(O)=C2/C(=O)C(=O)N(CCCN(C)C)C2c2cccc(Oc3ccccc3)c2)c1. The highest BCUT2D eigenvalue weighted by atomic mass is 16.5. The van der Waals surface area contributed by atoms with Gasteiger partial charge in [-0.2, -0.15) is 0 Å². The summed E-state index contributed by atoms with van der Waals surface area (Å²) in [7, 11) is 3.92. The molecule has 7 nitrogen and oxygen atoms in total. The van der Waals surface area contributed by atoms with E-state index in [4.69, 9.17) is 9.47 Å². The normalized spacial score (nSPS) is 16.9. The largest absolute Gasteiger partial charge is 0.507 e. The summed E-state index contributed by atoms with van der Waals surface area (Å²) in [5, 5.41) is 11.4. The van der Waals surface area contributed by atoms with Crippen LogP contribution in [-0.2, 0) is 9.59 Å². The lowest BCUT2D eigenvalue weighted by Gasteiger charge is -2.26. The van der Waals surface area contributed by atoms with Crippen molar-refractivity contribution in [3.8, 4) is 17.2 Å². The number of rotatable bonds is 10. The van der Waals surface area contributed by atoms with Crippen molar-refractivity contribution < 1.29 is 24.2 Å². The molecule has 0 radical (unpaired) electrons. The topological polar surface area (TPSA) is 79.3 Å². The Labute approximate surface area is 217 Å². The number of benzene rings is 3. The van der Waals surface area contributed by atoms with Crippen LogP contribution in [0.5, 0.6) is 17.2 Å². The van der Waals surface area contributed by atoms with Gasteiger partial charge in [-0.3, -0.25) is 9.59 Å². The molecule has 0 spiro atoms. The summed E-state index contributed by atoms with van der Waals surface area (Å²) >= 11 is 0. The molecule has 0 aliphatic carbocycles. The zero-order valence-electron chi connectivity index (χ0n) is 21.4. The van der Waals surface area contributed by atoms with Crippen molar-refractivity contribution in [1.29, 1.82) is 0 Å². The van der Waals surface area contributed by atoms with Gasteiger partial charge in [-0.1, -0.05) is 42.5 Å². The zero-order chi connectivity index (χ0) is 26.4. The second-order valence-electron chi connectivity index (χ2n) is 9.10. The number of amides is 1. The van der Waals surface area contributed by atoms with E-state index < -0.39 is 17.7 Å². The number of aliphatic hydroxyl groups is 1. The molecule has 1 heterocycles. The predicted octanol–water partition coefficient (Wildman–Crippen LogP) is 5.25. The molecule has 1 aliphatic heterocycles. The summed E-state index contributed by atoms with van der Waals surface area (Å²) in [6, 6.07) is 22.8. The lowest BCUT2D eigenvalue weighted by molar-refractivity contribution is -0.139. The summed E-state index contributed by atoms with van der Waals surface area (Å²) in [5.41, 5.74) is 1.15. The fraction of sp³-hybridized carbons (Fsp3) is 0.267. The maximum Gasteiger partial charge on any atom is 0.295 e. The molecule has 1 fully saturated rings. The molecule has 3 aromatic carbocycles. The van der Waals surface area contributed by atoms with Crippen LogP contribution in [0.4, 0.5) is 0 Å². The van der Waals surface area contributed by atoms with Gasteiger partial charge in [0.1, 0.15) is 23.0 Å². The van der Waals surface area contributed by atoms with Crippen molar-refractivity contribution in [1.82, 2.24) is 9.80 Å². The first-order chi connectivity index (χ1) is 17.9. The summed E-state index contributed by atoms with van der Waals surface area (Å²) < 4.78 is 11.6. The molecule has 1 atom stereocenters. The van der Waals surface area contributed by atoms with Crippen LogP contribution in [0.2, 0.25) is 0 Å². The van der Waals surface area contributed by atoms with E-state index in [1.54, 1.807) is 29.2 Å². The molecule has 1 saturated heterocycles. The Morgan fingerprint density at radius 2 is 1.62 bits per heavy atom. The second-order valence-corrected chi connectivity index (χ2v) is 9.10. The Morgan fingerprint density at radius 3 is 2.35 bits per heavy atom. The van der Waals surface area contributed by atoms with E-state index in [-0.39, 0.29) is 11.3 Å². The molecular weight excluding hydrogens is 468 g/mol. The Hall–Kier alpha value is -4.10. The van der Waals surface area contributed by atoms with E-state index >= 15 is 0 Å². The van der Waals surface area contributed by atoms with Crippen LogP contribution in [0, 0.1) is 0 Å². The van der Waals surface area contributed by atoms with Gasteiger partial charge in [0.05, 0.1) is 18.2 Å². The molecule has 37 heavy (non-hydrogen) atoms. The first-order valence-electron chi connectivity index (χ1n) is 12.4. The quantitative estimate of drug-likeness (QED) is 0.233. The van der Waals surface area contributed by atoms with Gasteiger partial charge in [0.2, 0.25) is 0 Å². The van der Waals surface area contributed by atoms with Crippen LogP contribution in [0.1, 0.15) is 30.5 Å². The van der Waals surface area contributed by atoms with E-state index in [9.17, 15) is 14.7 Å². The predicted molar refractivity (Wildman–Crippen MR) is 143 cm³/mol. The zero-order valence-corrected chi connectivity index (χ0v) is 21.4. The molecule has 4 rings (SSSR count). The number of para-hydroxylation sites is 1. The number of Topliss-reactive ketones (excluding diaryl/α,β-unsaturated/α-hetero) is 1. The van der Waals surface area contributed by atoms with Crippen molar-refractivity contribution >= 4 is 17.4 Å². The van der Waals surface area contributed by atoms with Crippen LogP contribution < -0.4 is 9.47 Å². The van der Waals surface area contributed by atoms with E-state index in [1.165, 1.54) is 0 Å². The fourth-order valence-corrected chi connectivity index (χ4v) is 4.44. The number of ether oxygens (including phenoxy) is 2. The fourth-order valence-electron chi connectivity index (χ4n) is 4.44. The third-order valence-electron chi connectivity index (χ3n) is 6.12. The van der Waals surface area contributed by atoms with E-state index in [0.29, 0.717) is 47.9 Å². The van der Waals surface area contributed by atoms with E-state index in [1.807, 2.05) is 80.5 Å². The summed E-state index contributed by atoms with van der Waals surface area (Å²) in [4.78, 5) is 30.1. The number of hydrogen-bond acceptors (Lipinski definition) is 6. The number of likely N-dealkylation sites (tertiary alicyclic amines) is 1. The molecule has 3 aromatic rings. The first kappa shape index (κ1) is 26.0. The molecule has 0 bridgehead atoms. The number of hydrogen-bond donors (Lipinski definition) is 1. The van der Waals surface area contributed by atoms with Gasteiger partial charge in [0.15, 0.2) is 0 Å². The standard InChI is InChI=1S/C30H32N2O5/c1-4-36-24-15-9-12-22(20-24)28(33)26-27(32(30(35)29(26)34)18-10-17-31(2)3)21-11-8-16-25(19-21)37-23-13-6-5-7-14-23/h5-9,11-16,19-20,27,33H,4,10,17-18H2,1-3H3/b28-26-. The van der Waals surface area contributed by atoms with Crippen molar-refractivity contribution in [2.24, 2.45) is 0 Å². The van der Waals surface area contributed by atoms with Crippen LogP contribution in [-0.4, -0.2) is 60.4 Å².